The predicted molar refractivity (Wildman–Crippen MR) is 112 cm³/mol. The van der Waals surface area contributed by atoms with Crippen LogP contribution in [-0.2, 0) is 6.54 Å². The zero-order valence-corrected chi connectivity index (χ0v) is 17.3. The van der Waals surface area contributed by atoms with Gasteiger partial charge in [0.2, 0.25) is 0 Å². The molecule has 1 aliphatic rings. The molecular formula is C22H26N4O4. The highest BCUT2D eigenvalue weighted by atomic mass is 16.6. The Hall–Kier alpha value is -3.13. The molecule has 30 heavy (non-hydrogen) atoms. The molecule has 1 saturated heterocycles. The molecule has 2 heterocycles. The van der Waals surface area contributed by atoms with E-state index in [2.05, 4.69) is 26.6 Å². The first kappa shape index (κ1) is 20.2. The summed E-state index contributed by atoms with van der Waals surface area (Å²) in [5.41, 5.74) is 3.19. The number of nitrogens with one attached hydrogen (secondary N) is 1. The van der Waals surface area contributed by atoms with Crippen LogP contribution in [0.25, 0.3) is 11.0 Å². The Kier molecular flexibility index (Phi) is 6.13. The van der Waals surface area contributed by atoms with Crippen LogP contribution in [0.5, 0.6) is 11.5 Å². The molecule has 0 aliphatic carbocycles. The van der Waals surface area contributed by atoms with Crippen molar-refractivity contribution < 1.29 is 18.9 Å². The van der Waals surface area contributed by atoms with Gasteiger partial charge in [-0.15, -0.1) is 0 Å². The number of carbonyl (C=O) groups excluding carboxylic acids is 1. The molecule has 1 amide bonds. The summed E-state index contributed by atoms with van der Waals surface area (Å²) in [5.74, 6) is 1.23. The molecule has 2 aromatic carbocycles. The van der Waals surface area contributed by atoms with Gasteiger partial charge in [-0.1, -0.05) is 18.2 Å². The minimum Gasteiger partial charge on any atom is -0.493 e. The fraction of sp³-hybridized carbons (Fsp3) is 0.409. The monoisotopic (exact) mass is 410 g/mol. The van der Waals surface area contributed by atoms with Crippen LogP contribution in [0.3, 0.4) is 0 Å². The minimum atomic E-state index is -0.152. The highest BCUT2D eigenvalue weighted by molar-refractivity contribution is 5.97. The molecule has 1 aromatic heterocycles. The summed E-state index contributed by atoms with van der Waals surface area (Å²) in [6, 6.07) is 11.3. The van der Waals surface area contributed by atoms with Crippen molar-refractivity contribution in [1.29, 1.82) is 0 Å². The lowest BCUT2D eigenvalue weighted by molar-refractivity contribution is 0.0927. The fourth-order valence-corrected chi connectivity index (χ4v) is 4.09. The Morgan fingerprint density at radius 3 is 2.90 bits per heavy atom. The van der Waals surface area contributed by atoms with Gasteiger partial charge in [0.1, 0.15) is 11.0 Å². The second kappa shape index (κ2) is 9.13. The molecule has 158 valence electrons. The molecule has 1 atom stereocenters. The van der Waals surface area contributed by atoms with Gasteiger partial charge in [-0.3, -0.25) is 9.69 Å². The topological polar surface area (TPSA) is 89.7 Å². The maximum atomic E-state index is 12.7. The van der Waals surface area contributed by atoms with Crippen molar-refractivity contribution in [2.24, 2.45) is 5.92 Å². The van der Waals surface area contributed by atoms with Crippen LogP contribution in [0.15, 0.2) is 41.0 Å². The van der Waals surface area contributed by atoms with E-state index < -0.39 is 0 Å². The number of hydrogen-bond donors (Lipinski definition) is 1. The SMILES string of the molecule is COc1cccc(C(=O)NCC2CCCN(Cc3cccc4nonc34)C2)c1OC. The number of rotatable bonds is 7. The first-order valence-corrected chi connectivity index (χ1v) is 10.1. The smallest absolute Gasteiger partial charge is 0.255 e. The molecule has 4 rings (SSSR count). The number of hydrogen-bond acceptors (Lipinski definition) is 7. The summed E-state index contributed by atoms with van der Waals surface area (Å²) < 4.78 is 15.5. The number of piperidine rings is 1. The number of amides is 1. The van der Waals surface area contributed by atoms with E-state index in [4.69, 9.17) is 14.1 Å². The molecule has 0 spiro atoms. The molecule has 8 nitrogen and oxygen atoms in total. The highest BCUT2D eigenvalue weighted by Crippen LogP contribution is 2.30. The fourth-order valence-electron chi connectivity index (χ4n) is 4.09. The molecular weight excluding hydrogens is 384 g/mol. The number of benzene rings is 2. The van der Waals surface area contributed by atoms with E-state index in [9.17, 15) is 4.79 Å². The summed E-state index contributed by atoms with van der Waals surface area (Å²) in [5, 5.41) is 11.0. The number of nitrogens with zero attached hydrogens (tertiary/aromatic N) is 3. The Morgan fingerprint density at radius 1 is 1.20 bits per heavy atom. The minimum absolute atomic E-state index is 0.152. The quantitative estimate of drug-likeness (QED) is 0.640. The van der Waals surface area contributed by atoms with Gasteiger partial charge in [-0.2, -0.15) is 0 Å². The Bertz CT molecular complexity index is 1020. The molecule has 1 N–H and O–H groups in total. The summed E-state index contributed by atoms with van der Waals surface area (Å²) in [4.78, 5) is 15.1. The first-order valence-electron chi connectivity index (χ1n) is 10.1. The van der Waals surface area contributed by atoms with Crippen LogP contribution in [0.2, 0.25) is 0 Å². The van der Waals surface area contributed by atoms with E-state index in [0.717, 1.165) is 49.1 Å². The highest BCUT2D eigenvalue weighted by Gasteiger charge is 2.23. The van der Waals surface area contributed by atoms with Gasteiger partial charge < -0.3 is 14.8 Å². The van der Waals surface area contributed by atoms with Gasteiger partial charge in [0.25, 0.3) is 5.91 Å². The second-order valence-corrected chi connectivity index (χ2v) is 7.54. The van der Waals surface area contributed by atoms with Crippen molar-refractivity contribution in [2.75, 3.05) is 33.9 Å². The largest absolute Gasteiger partial charge is 0.493 e. The van der Waals surface area contributed by atoms with Crippen molar-refractivity contribution in [3.8, 4) is 11.5 Å². The van der Waals surface area contributed by atoms with E-state index in [1.165, 1.54) is 0 Å². The Balaban J connectivity index is 1.37. The van der Waals surface area contributed by atoms with Crippen molar-refractivity contribution in [3.63, 3.8) is 0 Å². The van der Waals surface area contributed by atoms with Crippen LogP contribution >= 0.6 is 0 Å². The summed E-state index contributed by atoms with van der Waals surface area (Å²) >= 11 is 0. The number of carbonyl (C=O) groups is 1. The van der Waals surface area contributed by atoms with Crippen molar-refractivity contribution in [2.45, 2.75) is 19.4 Å². The normalized spacial score (nSPS) is 17.1. The maximum absolute atomic E-state index is 12.7. The van der Waals surface area contributed by atoms with E-state index in [-0.39, 0.29) is 5.91 Å². The van der Waals surface area contributed by atoms with E-state index in [1.807, 2.05) is 12.1 Å². The van der Waals surface area contributed by atoms with E-state index >= 15 is 0 Å². The lowest BCUT2D eigenvalue weighted by Gasteiger charge is -2.32. The average molecular weight is 410 g/mol. The van der Waals surface area contributed by atoms with Crippen molar-refractivity contribution >= 4 is 16.9 Å². The van der Waals surface area contributed by atoms with E-state index in [0.29, 0.717) is 29.5 Å². The van der Waals surface area contributed by atoms with Crippen molar-refractivity contribution in [3.05, 3.63) is 47.5 Å². The van der Waals surface area contributed by atoms with Crippen LogP contribution in [0.1, 0.15) is 28.8 Å². The van der Waals surface area contributed by atoms with Gasteiger partial charge in [-0.05, 0) is 59.4 Å². The average Bonchev–Trinajstić information content (AvgIpc) is 3.27. The van der Waals surface area contributed by atoms with Gasteiger partial charge in [0, 0.05) is 19.6 Å². The van der Waals surface area contributed by atoms with Gasteiger partial charge in [0.15, 0.2) is 11.5 Å². The number of fused-ring (bicyclic) bond motifs is 1. The third-order valence-corrected chi connectivity index (χ3v) is 5.57. The van der Waals surface area contributed by atoms with Crippen LogP contribution < -0.4 is 14.8 Å². The number of para-hydroxylation sites is 1. The first-order chi connectivity index (χ1) is 14.7. The van der Waals surface area contributed by atoms with E-state index in [1.54, 1.807) is 32.4 Å². The van der Waals surface area contributed by atoms with Crippen LogP contribution in [-0.4, -0.2) is 55.0 Å². The Morgan fingerprint density at radius 2 is 2.07 bits per heavy atom. The summed E-state index contributed by atoms with van der Waals surface area (Å²) in [7, 11) is 3.10. The zero-order valence-electron chi connectivity index (χ0n) is 17.3. The molecule has 0 saturated carbocycles. The molecule has 8 heteroatoms. The lowest BCUT2D eigenvalue weighted by atomic mass is 9.97. The molecule has 3 aromatic rings. The summed E-state index contributed by atoms with van der Waals surface area (Å²) in [6.45, 7) is 3.35. The summed E-state index contributed by atoms with van der Waals surface area (Å²) in [6.07, 6.45) is 2.18. The van der Waals surface area contributed by atoms with Gasteiger partial charge in [-0.25, -0.2) is 4.63 Å². The van der Waals surface area contributed by atoms with Crippen LogP contribution in [0.4, 0.5) is 0 Å². The van der Waals surface area contributed by atoms with Crippen LogP contribution in [0, 0.1) is 5.92 Å². The second-order valence-electron chi connectivity index (χ2n) is 7.54. The van der Waals surface area contributed by atoms with Gasteiger partial charge in [0.05, 0.1) is 19.8 Å². The molecule has 0 radical (unpaired) electrons. The third kappa shape index (κ3) is 4.23. The van der Waals surface area contributed by atoms with Gasteiger partial charge >= 0.3 is 0 Å². The zero-order chi connectivity index (χ0) is 20.9. The number of aromatic nitrogens is 2. The predicted octanol–water partition coefficient (Wildman–Crippen LogP) is 2.88. The molecule has 0 bridgehead atoms. The molecule has 1 aliphatic heterocycles. The number of likely N-dealkylation sites (tertiary alicyclic amines) is 1. The lowest BCUT2D eigenvalue weighted by Crippen LogP contribution is -2.40. The maximum Gasteiger partial charge on any atom is 0.255 e. The third-order valence-electron chi connectivity index (χ3n) is 5.57. The van der Waals surface area contributed by atoms with Crippen molar-refractivity contribution in [1.82, 2.24) is 20.5 Å². The number of methoxy groups -OCH3 is 2. The number of ether oxygens (including phenoxy) is 2. The molecule has 1 unspecified atom stereocenters. The Labute approximate surface area is 175 Å². The molecule has 1 fully saturated rings. The standard InChI is InChI=1S/C22H26N4O4/c1-28-19-10-4-8-17(21(19)29-2)22(27)23-12-15-6-5-11-26(13-15)14-16-7-3-9-18-20(16)25-30-24-18/h3-4,7-10,15H,5-6,11-14H2,1-2H3,(H,23,27).